The van der Waals surface area contributed by atoms with Gasteiger partial charge in [0.05, 0.1) is 12.1 Å². The lowest BCUT2D eigenvalue weighted by atomic mass is 9.97. The minimum absolute atomic E-state index is 0.0163. The highest BCUT2D eigenvalue weighted by Crippen LogP contribution is 2.28. The van der Waals surface area contributed by atoms with Crippen LogP contribution < -0.4 is 0 Å². The summed E-state index contributed by atoms with van der Waals surface area (Å²) in [5.74, 6) is 0.965. The number of likely N-dealkylation sites (tertiary alicyclic amines) is 1. The molecule has 1 fully saturated rings. The van der Waals surface area contributed by atoms with Crippen molar-refractivity contribution < 1.29 is 19.8 Å². The smallest absolute Gasteiger partial charge is 0.303 e. The number of hydrogen-bond acceptors (Lipinski definition) is 4. The van der Waals surface area contributed by atoms with Gasteiger partial charge in [-0.15, -0.1) is 0 Å². The van der Waals surface area contributed by atoms with Crippen LogP contribution in [0.4, 0.5) is 0 Å². The Kier molecular flexibility index (Phi) is 8.83. The standard InChI is InChI=1S/C29H33NO4S/c31-27(13-11-26-12-14-28(32)30(26)15-17-35-16-3-8-29(33)34)19-21-4-1-6-23(18-21)25-10-9-22-5-2-7-24(22)20-25/h1-2,4,6-7,9-11,13,18,20,26-27,31H,3,5,8,12,14-17,19H2,(H,33,34)/b13-11+/t26-,27+/m0/s1. The normalized spacial score (nSPS) is 17.9. The van der Waals surface area contributed by atoms with Gasteiger partial charge in [-0.1, -0.05) is 60.7 Å². The maximum Gasteiger partial charge on any atom is 0.303 e. The van der Waals surface area contributed by atoms with Gasteiger partial charge < -0.3 is 15.1 Å². The van der Waals surface area contributed by atoms with Crippen LogP contribution in [0, 0.1) is 0 Å². The molecular weight excluding hydrogens is 458 g/mol. The third-order valence-electron chi connectivity index (χ3n) is 6.57. The number of carbonyl (C=O) groups excluding carboxylic acids is 1. The molecule has 2 atom stereocenters. The lowest BCUT2D eigenvalue weighted by Crippen LogP contribution is -2.34. The minimum Gasteiger partial charge on any atom is -0.481 e. The Hall–Kier alpha value is -2.83. The number of rotatable bonds is 12. The topological polar surface area (TPSA) is 77.8 Å². The van der Waals surface area contributed by atoms with Gasteiger partial charge in [0.1, 0.15) is 0 Å². The summed E-state index contributed by atoms with van der Waals surface area (Å²) >= 11 is 1.68. The number of aliphatic hydroxyl groups is 1. The zero-order chi connectivity index (χ0) is 24.6. The van der Waals surface area contributed by atoms with Gasteiger partial charge in [-0.25, -0.2) is 0 Å². The van der Waals surface area contributed by atoms with Crippen molar-refractivity contribution in [3.63, 3.8) is 0 Å². The van der Waals surface area contributed by atoms with Crippen LogP contribution in [0.1, 0.15) is 42.4 Å². The molecule has 0 spiro atoms. The molecule has 2 N–H and O–H groups in total. The van der Waals surface area contributed by atoms with Crippen LogP contribution >= 0.6 is 11.8 Å². The van der Waals surface area contributed by atoms with Crippen LogP contribution in [0.5, 0.6) is 0 Å². The number of carboxylic acids is 1. The number of benzene rings is 2. The molecule has 35 heavy (non-hydrogen) atoms. The summed E-state index contributed by atoms with van der Waals surface area (Å²) in [5.41, 5.74) is 6.05. The lowest BCUT2D eigenvalue weighted by molar-refractivity contribution is -0.137. The fourth-order valence-corrected chi connectivity index (χ4v) is 5.59. The van der Waals surface area contributed by atoms with E-state index in [9.17, 15) is 14.7 Å². The van der Waals surface area contributed by atoms with E-state index in [4.69, 9.17) is 5.11 Å². The molecule has 2 aromatic rings. The van der Waals surface area contributed by atoms with Crippen molar-refractivity contribution in [2.45, 2.75) is 50.7 Å². The van der Waals surface area contributed by atoms with Crippen LogP contribution in [0.25, 0.3) is 17.2 Å². The van der Waals surface area contributed by atoms with E-state index in [-0.39, 0.29) is 18.4 Å². The Morgan fingerprint density at radius 1 is 1.17 bits per heavy atom. The Morgan fingerprint density at radius 2 is 2.03 bits per heavy atom. The summed E-state index contributed by atoms with van der Waals surface area (Å²) in [6.07, 6.45) is 11.2. The fraction of sp³-hybridized carbons (Fsp3) is 0.379. The molecule has 1 aliphatic carbocycles. The Bertz CT molecular complexity index is 1110. The average molecular weight is 492 g/mol. The summed E-state index contributed by atoms with van der Waals surface area (Å²) < 4.78 is 0. The Morgan fingerprint density at radius 3 is 2.89 bits per heavy atom. The highest BCUT2D eigenvalue weighted by Gasteiger charge is 2.28. The largest absolute Gasteiger partial charge is 0.481 e. The molecular formula is C29H33NO4S. The molecule has 1 saturated heterocycles. The van der Waals surface area contributed by atoms with Crippen molar-refractivity contribution in [1.29, 1.82) is 0 Å². The molecule has 0 saturated carbocycles. The second kappa shape index (κ2) is 12.2. The van der Waals surface area contributed by atoms with Gasteiger partial charge in [0.15, 0.2) is 0 Å². The zero-order valence-electron chi connectivity index (χ0n) is 19.9. The monoisotopic (exact) mass is 491 g/mol. The second-order valence-corrected chi connectivity index (χ2v) is 10.4. The van der Waals surface area contributed by atoms with Gasteiger partial charge in [-0.2, -0.15) is 11.8 Å². The summed E-state index contributed by atoms with van der Waals surface area (Å²) in [4.78, 5) is 24.8. The van der Waals surface area contributed by atoms with Crippen molar-refractivity contribution in [3.05, 3.63) is 77.4 Å². The minimum atomic E-state index is -0.767. The molecule has 0 bridgehead atoms. The van der Waals surface area contributed by atoms with Crippen molar-refractivity contribution >= 4 is 29.7 Å². The number of allylic oxidation sites excluding steroid dienone is 1. The molecule has 4 rings (SSSR count). The van der Waals surface area contributed by atoms with Gasteiger partial charge in [0.25, 0.3) is 0 Å². The molecule has 6 heteroatoms. The first-order chi connectivity index (χ1) is 17.0. The van der Waals surface area contributed by atoms with E-state index >= 15 is 0 Å². The summed E-state index contributed by atoms with van der Waals surface area (Å²) in [5, 5.41) is 19.4. The highest BCUT2D eigenvalue weighted by molar-refractivity contribution is 7.99. The molecule has 0 unspecified atom stereocenters. The molecule has 1 aliphatic heterocycles. The van der Waals surface area contributed by atoms with Crippen molar-refractivity contribution in [2.75, 3.05) is 18.1 Å². The van der Waals surface area contributed by atoms with E-state index in [2.05, 4.69) is 42.5 Å². The SMILES string of the molecule is O=C(O)CCCSCCN1C(=O)CC[C@@H]1/C=C/[C@@H](O)Cc1cccc(-c2ccc3c(c2)C=CC3)c1. The van der Waals surface area contributed by atoms with Gasteiger partial charge in [0, 0.05) is 31.6 Å². The number of hydrogen-bond donors (Lipinski definition) is 2. The Labute approximate surface area is 211 Å². The zero-order valence-corrected chi connectivity index (χ0v) is 20.8. The number of fused-ring (bicyclic) bond motifs is 1. The van der Waals surface area contributed by atoms with Crippen LogP contribution in [0.2, 0.25) is 0 Å². The first-order valence-corrected chi connectivity index (χ1v) is 13.5. The van der Waals surface area contributed by atoms with Gasteiger partial charge in [-0.05, 0) is 58.9 Å². The first kappa shape index (κ1) is 25.3. The van der Waals surface area contributed by atoms with E-state index in [1.807, 2.05) is 29.2 Å². The molecule has 184 valence electrons. The molecule has 2 aliphatic rings. The van der Waals surface area contributed by atoms with Crippen molar-refractivity contribution in [1.82, 2.24) is 4.90 Å². The van der Waals surface area contributed by atoms with E-state index in [1.54, 1.807) is 11.8 Å². The van der Waals surface area contributed by atoms with Crippen molar-refractivity contribution in [2.24, 2.45) is 0 Å². The van der Waals surface area contributed by atoms with Crippen LogP contribution in [0.3, 0.4) is 0 Å². The number of thioether (sulfide) groups is 1. The third kappa shape index (κ3) is 7.09. The summed E-state index contributed by atoms with van der Waals surface area (Å²) in [6.45, 7) is 0.652. The van der Waals surface area contributed by atoms with Gasteiger partial charge >= 0.3 is 5.97 Å². The average Bonchev–Trinajstić information content (AvgIpc) is 3.45. The molecule has 2 aromatic carbocycles. The second-order valence-electron chi connectivity index (χ2n) is 9.18. The van der Waals surface area contributed by atoms with E-state index in [1.165, 1.54) is 16.7 Å². The summed E-state index contributed by atoms with van der Waals surface area (Å²) in [6, 6.07) is 14.9. The first-order valence-electron chi connectivity index (χ1n) is 12.3. The summed E-state index contributed by atoms with van der Waals surface area (Å²) in [7, 11) is 0. The molecule has 0 aromatic heterocycles. The van der Waals surface area contributed by atoms with Gasteiger partial charge in [0.2, 0.25) is 5.91 Å². The number of carbonyl (C=O) groups is 2. The highest BCUT2D eigenvalue weighted by atomic mass is 32.2. The maximum atomic E-state index is 12.3. The van der Waals surface area contributed by atoms with E-state index in [0.717, 1.165) is 35.5 Å². The van der Waals surface area contributed by atoms with Gasteiger partial charge in [-0.3, -0.25) is 9.59 Å². The number of carboxylic acid groups (broad SMARTS) is 1. The number of aliphatic carboxylic acids is 1. The molecule has 5 nitrogen and oxygen atoms in total. The predicted octanol–water partition coefficient (Wildman–Crippen LogP) is 4.97. The number of amides is 1. The van der Waals surface area contributed by atoms with E-state index in [0.29, 0.717) is 25.8 Å². The Balaban J connectivity index is 1.29. The quantitative estimate of drug-likeness (QED) is 0.324. The number of aliphatic hydroxyl groups excluding tert-OH is 1. The van der Waals surface area contributed by atoms with Crippen LogP contribution in [0.15, 0.2) is 60.7 Å². The van der Waals surface area contributed by atoms with Crippen LogP contribution in [-0.4, -0.2) is 57.2 Å². The molecule has 1 heterocycles. The number of nitrogens with zero attached hydrogens (tertiary/aromatic N) is 1. The molecule has 1 amide bonds. The van der Waals surface area contributed by atoms with Crippen LogP contribution in [-0.2, 0) is 22.4 Å². The predicted molar refractivity (Wildman–Crippen MR) is 142 cm³/mol. The third-order valence-corrected chi connectivity index (χ3v) is 7.62. The molecule has 0 radical (unpaired) electrons. The maximum absolute atomic E-state index is 12.3. The lowest BCUT2D eigenvalue weighted by Gasteiger charge is -2.22. The van der Waals surface area contributed by atoms with Crippen molar-refractivity contribution in [3.8, 4) is 11.1 Å². The fourth-order valence-electron chi connectivity index (χ4n) is 4.71. The van der Waals surface area contributed by atoms with E-state index < -0.39 is 12.1 Å².